The van der Waals surface area contributed by atoms with E-state index in [1.807, 2.05) is 0 Å². The monoisotopic (exact) mass is 474 g/mol. The molecule has 0 N–H and O–H groups in total. The molecule has 0 bridgehead atoms. The molecule has 0 aromatic heterocycles. The fraction of sp³-hybridized carbons (Fsp3) is 1.00. The van der Waals surface area contributed by atoms with Gasteiger partial charge in [-0.25, -0.2) is 0 Å². The molecule has 146 valence electrons. The van der Waals surface area contributed by atoms with Crippen LogP contribution in [0.15, 0.2) is 0 Å². The van der Waals surface area contributed by atoms with Crippen LogP contribution in [0.25, 0.3) is 0 Å². The topological polar surface area (TPSA) is 0 Å². The maximum Gasteiger partial charge on any atom is 0 e. The Bertz CT molecular complexity index is 290. The summed E-state index contributed by atoms with van der Waals surface area (Å²) in [5.41, 5.74) is 0. The fourth-order valence-corrected chi connectivity index (χ4v) is 6.15. The summed E-state index contributed by atoms with van der Waals surface area (Å²) in [6.07, 6.45) is 5.60. The van der Waals surface area contributed by atoms with Gasteiger partial charge in [-0.2, -0.15) is 0 Å². The third-order valence-electron chi connectivity index (χ3n) is 8.92. The van der Waals surface area contributed by atoms with Crippen molar-refractivity contribution in [3.05, 3.63) is 0 Å². The molecule has 2 aliphatic carbocycles. The van der Waals surface area contributed by atoms with Crippen LogP contribution in [-0.2, 0) is 0 Å². The predicted octanol–water partition coefficient (Wildman–Crippen LogP) is 7.54. The first-order valence-electron chi connectivity index (χ1n) is 11.2. The van der Waals surface area contributed by atoms with E-state index >= 15 is 0 Å². The van der Waals surface area contributed by atoms with Crippen molar-refractivity contribution in [1.29, 1.82) is 0 Å². The van der Waals surface area contributed by atoms with Crippen molar-refractivity contribution in [2.75, 3.05) is 0 Å². The zero-order valence-electron chi connectivity index (χ0n) is 19.3. The standard InChI is InChI=1S/2C12H24.Ba/c2*1-6-7-12-10(4)8(2)9(3)11(12)5;/h2*8-12H,6-7H2,1-5H3;. The second kappa shape index (κ2) is 12.2. The van der Waals surface area contributed by atoms with Crippen molar-refractivity contribution >= 4 is 48.9 Å². The first kappa shape index (κ1) is 26.6. The van der Waals surface area contributed by atoms with Gasteiger partial charge in [0.25, 0.3) is 0 Å². The summed E-state index contributed by atoms with van der Waals surface area (Å²) in [6.45, 7) is 24.2. The number of hydrogen-bond acceptors (Lipinski definition) is 0. The summed E-state index contributed by atoms with van der Waals surface area (Å²) in [7, 11) is 0. The Morgan fingerprint density at radius 1 is 0.400 bits per heavy atom. The SMILES string of the molecule is CCCC1C(C)C(C)C(C)C1C.CCCC1C(C)C(C)C(C)C1C.[Ba]. The van der Waals surface area contributed by atoms with Crippen LogP contribution in [0.4, 0.5) is 0 Å². The summed E-state index contributed by atoms with van der Waals surface area (Å²) >= 11 is 0. The first-order valence-corrected chi connectivity index (χ1v) is 11.2. The molecule has 8 unspecified atom stereocenters. The van der Waals surface area contributed by atoms with Gasteiger partial charge < -0.3 is 0 Å². The van der Waals surface area contributed by atoms with Gasteiger partial charge >= 0.3 is 0 Å². The summed E-state index contributed by atoms with van der Waals surface area (Å²) in [6, 6.07) is 0. The van der Waals surface area contributed by atoms with Crippen molar-refractivity contribution in [3.8, 4) is 0 Å². The van der Waals surface area contributed by atoms with Gasteiger partial charge in [0.2, 0.25) is 0 Å². The molecule has 8 atom stereocenters. The van der Waals surface area contributed by atoms with Gasteiger partial charge in [0, 0.05) is 48.9 Å². The van der Waals surface area contributed by atoms with Gasteiger partial charge in [0.1, 0.15) is 0 Å². The van der Waals surface area contributed by atoms with Gasteiger partial charge in [-0.15, -0.1) is 0 Å². The molecule has 2 rings (SSSR count). The molecular weight excluding hydrogens is 426 g/mol. The van der Waals surface area contributed by atoms with Crippen LogP contribution in [0, 0.1) is 59.2 Å². The van der Waals surface area contributed by atoms with Gasteiger partial charge in [-0.3, -0.25) is 0 Å². The second-order valence-corrected chi connectivity index (χ2v) is 9.78. The Kier molecular flexibility index (Phi) is 13.0. The molecule has 0 saturated heterocycles. The second-order valence-electron chi connectivity index (χ2n) is 9.78. The van der Waals surface area contributed by atoms with Gasteiger partial charge in [0.15, 0.2) is 0 Å². The molecule has 25 heavy (non-hydrogen) atoms. The average Bonchev–Trinajstić information content (AvgIpc) is 2.86. The van der Waals surface area contributed by atoms with Crippen LogP contribution in [0.2, 0.25) is 0 Å². The molecule has 0 aliphatic heterocycles. The summed E-state index contributed by atoms with van der Waals surface area (Å²) in [4.78, 5) is 0. The summed E-state index contributed by atoms with van der Waals surface area (Å²) in [5.74, 6) is 9.58. The zero-order chi connectivity index (χ0) is 18.6. The summed E-state index contributed by atoms with van der Waals surface area (Å²) in [5, 5.41) is 0. The van der Waals surface area contributed by atoms with E-state index in [9.17, 15) is 0 Å². The van der Waals surface area contributed by atoms with E-state index < -0.39 is 0 Å². The van der Waals surface area contributed by atoms with E-state index in [0.717, 1.165) is 59.2 Å². The smallest absolute Gasteiger partial charge is 0 e. The van der Waals surface area contributed by atoms with E-state index in [0.29, 0.717) is 0 Å². The maximum absolute atomic E-state index is 2.45. The van der Waals surface area contributed by atoms with Gasteiger partial charge in [0.05, 0.1) is 0 Å². The van der Waals surface area contributed by atoms with Crippen molar-refractivity contribution in [3.63, 3.8) is 0 Å². The summed E-state index contributed by atoms with van der Waals surface area (Å²) < 4.78 is 0. The molecule has 0 nitrogen and oxygen atoms in total. The Hall–Kier alpha value is 1.57. The molecule has 0 amide bonds. The molecule has 0 heterocycles. The van der Waals surface area contributed by atoms with Crippen LogP contribution in [0.5, 0.6) is 0 Å². The first-order chi connectivity index (χ1) is 11.2. The number of rotatable bonds is 4. The molecule has 1 heteroatoms. The Balaban J connectivity index is 0.000000443. The zero-order valence-corrected chi connectivity index (χ0v) is 23.7. The molecule has 2 aliphatic rings. The van der Waals surface area contributed by atoms with E-state index in [-0.39, 0.29) is 48.9 Å². The normalized spacial score (nSPS) is 46.3. The largest absolute Gasteiger partial charge is 0.0654 e. The van der Waals surface area contributed by atoms with Gasteiger partial charge in [-0.05, 0) is 59.2 Å². The quantitative estimate of drug-likeness (QED) is 0.370. The number of hydrogen-bond donors (Lipinski definition) is 0. The van der Waals surface area contributed by atoms with Crippen molar-refractivity contribution in [2.45, 2.75) is 94.9 Å². The van der Waals surface area contributed by atoms with E-state index in [1.165, 1.54) is 25.7 Å². The van der Waals surface area contributed by atoms with Crippen LogP contribution in [0.1, 0.15) is 94.9 Å². The maximum atomic E-state index is 2.45. The van der Waals surface area contributed by atoms with Crippen molar-refractivity contribution in [1.82, 2.24) is 0 Å². The molecule has 2 fully saturated rings. The average molecular weight is 474 g/mol. The third-order valence-corrected chi connectivity index (χ3v) is 8.92. The molecule has 0 aromatic carbocycles. The van der Waals surface area contributed by atoms with Crippen LogP contribution in [0.3, 0.4) is 0 Å². The van der Waals surface area contributed by atoms with Crippen LogP contribution >= 0.6 is 0 Å². The fourth-order valence-electron chi connectivity index (χ4n) is 6.15. The van der Waals surface area contributed by atoms with E-state index in [2.05, 4.69) is 69.2 Å². The van der Waals surface area contributed by atoms with Crippen LogP contribution in [-0.4, -0.2) is 48.9 Å². The predicted molar refractivity (Wildman–Crippen MR) is 116 cm³/mol. The minimum Gasteiger partial charge on any atom is -0.0654 e. The van der Waals surface area contributed by atoms with Gasteiger partial charge in [-0.1, -0.05) is 94.9 Å². The molecule has 0 aromatic rings. The Labute approximate surface area is 201 Å². The van der Waals surface area contributed by atoms with E-state index in [1.54, 1.807) is 0 Å². The third kappa shape index (κ3) is 6.28. The van der Waals surface area contributed by atoms with Crippen LogP contribution < -0.4 is 0 Å². The Morgan fingerprint density at radius 2 is 0.600 bits per heavy atom. The van der Waals surface area contributed by atoms with Crippen molar-refractivity contribution in [2.24, 2.45) is 59.2 Å². The molecule has 2 saturated carbocycles. The Morgan fingerprint density at radius 3 is 0.760 bits per heavy atom. The van der Waals surface area contributed by atoms with E-state index in [4.69, 9.17) is 0 Å². The molecular formula is C24H48Ba. The molecule has 0 spiro atoms. The minimum absolute atomic E-state index is 0. The van der Waals surface area contributed by atoms with Crippen molar-refractivity contribution < 1.29 is 0 Å². The molecule has 2 radical (unpaired) electrons. The minimum atomic E-state index is 0.